The second-order valence-corrected chi connectivity index (χ2v) is 8.01. The Balaban J connectivity index is 1.82. The molecule has 3 rings (SSSR count). The lowest BCUT2D eigenvalue weighted by molar-refractivity contribution is -0.0436. The highest BCUT2D eigenvalue weighted by atomic mass is 32.2. The number of nitrogens with two attached hydrogens (primary N) is 1. The number of aryl methyl sites for hydroxylation is 1. The molecule has 0 saturated heterocycles. The summed E-state index contributed by atoms with van der Waals surface area (Å²) in [5.74, 6) is -0.568. The molecular formula is C18H15F3N4O3S. The van der Waals surface area contributed by atoms with Gasteiger partial charge in [-0.25, -0.2) is 13.1 Å². The summed E-state index contributed by atoms with van der Waals surface area (Å²) in [6, 6.07) is 10.9. The van der Waals surface area contributed by atoms with Gasteiger partial charge in [0.15, 0.2) is 0 Å². The summed E-state index contributed by atoms with van der Waals surface area (Å²) in [4.78, 5) is 11.5. The number of nitrogens with zero attached hydrogens (tertiary/aromatic N) is 2. The molecule has 0 saturated carbocycles. The van der Waals surface area contributed by atoms with Crippen LogP contribution in [0.4, 0.5) is 24.7 Å². The van der Waals surface area contributed by atoms with E-state index in [9.17, 15) is 26.4 Å². The zero-order chi connectivity index (χ0) is 21.4. The third kappa shape index (κ3) is 3.81. The van der Waals surface area contributed by atoms with Gasteiger partial charge in [-0.15, -0.1) is 0 Å². The molecule has 0 aliphatic heterocycles. The van der Waals surface area contributed by atoms with E-state index in [0.717, 1.165) is 29.8 Å². The molecule has 0 aliphatic carbocycles. The van der Waals surface area contributed by atoms with E-state index in [1.807, 2.05) is 19.1 Å². The van der Waals surface area contributed by atoms with Crippen LogP contribution in [-0.2, 0) is 9.84 Å². The number of carbonyl (C=O) groups excluding carboxylic acids is 1. The van der Waals surface area contributed by atoms with Gasteiger partial charge >= 0.3 is 5.51 Å². The number of hydrogen-bond donors (Lipinski definition) is 2. The Kier molecular flexibility index (Phi) is 5.09. The van der Waals surface area contributed by atoms with Crippen molar-refractivity contribution in [3.8, 4) is 5.69 Å². The van der Waals surface area contributed by atoms with E-state index in [1.165, 1.54) is 10.9 Å². The first-order valence-corrected chi connectivity index (χ1v) is 9.63. The van der Waals surface area contributed by atoms with Gasteiger partial charge in [-0.3, -0.25) is 4.79 Å². The van der Waals surface area contributed by atoms with Gasteiger partial charge < -0.3 is 11.1 Å². The maximum absolute atomic E-state index is 12.6. The number of halogens is 3. The average molecular weight is 424 g/mol. The summed E-state index contributed by atoms with van der Waals surface area (Å²) in [5.41, 5.74) is 2.34. The van der Waals surface area contributed by atoms with E-state index in [4.69, 9.17) is 5.73 Å². The number of nitrogens with one attached hydrogen (secondary N) is 1. The summed E-state index contributed by atoms with van der Waals surface area (Å²) in [6.45, 7) is 1.85. The summed E-state index contributed by atoms with van der Waals surface area (Å²) in [6.07, 6.45) is 1.26. The van der Waals surface area contributed by atoms with Crippen molar-refractivity contribution in [1.29, 1.82) is 0 Å². The van der Waals surface area contributed by atoms with Crippen LogP contribution in [0.25, 0.3) is 5.69 Å². The van der Waals surface area contributed by atoms with Gasteiger partial charge in [0, 0.05) is 5.69 Å². The fraction of sp³-hybridized carbons (Fsp3) is 0.111. The summed E-state index contributed by atoms with van der Waals surface area (Å²) >= 11 is 0. The second-order valence-electron chi connectivity index (χ2n) is 6.07. The van der Waals surface area contributed by atoms with Gasteiger partial charge in [0.2, 0.25) is 0 Å². The first kappa shape index (κ1) is 20.4. The lowest BCUT2D eigenvalue weighted by Gasteiger charge is -2.10. The Bertz CT molecular complexity index is 1170. The number of amides is 1. The minimum atomic E-state index is -5.46. The molecular weight excluding hydrogens is 409 g/mol. The highest BCUT2D eigenvalue weighted by molar-refractivity contribution is 7.92. The van der Waals surface area contributed by atoms with Gasteiger partial charge in [-0.2, -0.15) is 18.3 Å². The number of rotatable bonds is 4. The van der Waals surface area contributed by atoms with E-state index in [1.54, 1.807) is 12.1 Å². The monoisotopic (exact) mass is 424 g/mol. The predicted octanol–water partition coefficient (Wildman–Crippen LogP) is 3.31. The van der Waals surface area contributed by atoms with Crippen LogP contribution < -0.4 is 11.1 Å². The van der Waals surface area contributed by atoms with Crippen molar-refractivity contribution in [2.45, 2.75) is 17.3 Å². The SMILES string of the molecule is Cc1ccccc1-n1ncc(C(=O)Nc2ccc(S(=O)(=O)C(F)(F)F)cc2)c1N. The molecule has 0 fully saturated rings. The number of hydrogen-bond acceptors (Lipinski definition) is 5. The molecule has 1 aromatic heterocycles. The molecule has 2 aromatic carbocycles. The molecule has 0 bridgehead atoms. The Morgan fingerprint density at radius 1 is 1.10 bits per heavy atom. The standard InChI is InChI=1S/C18H15F3N4O3S/c1-11-4-2-3-5-15(11)25-16(22)14(10-23-25)17(26)24-12-6-8-13(9-7-12)29(27,28)18(19,20)21/h2-10H,22H2,1H3,(H,24,26). The molecule has 0 radical (unpaired) electrons. The molecule has 3 N–H and O–H groups in total. The largest absolute Gasteiger partial charge is 0.501 e. The molecule has 29 heavy (non-hydrogen) atoms. The molecule has 0 spiro atoms. The molecule has 1 amide bonds. The van der Waals surface area contributed by atoms with Crippen molar-refractivity contribution in [3.63, 3.8) is 0 Å². The Morgan fingerprint density at radius 3 is 2.31 bits per heavy atom. The highest BCUT2D eigenvalue weighted by Crippen LogP contribution is 2.30. The van der Waals surface area contributed by atoms with Crippen LogP contribution in [0.15, 0.2) is 59.6 Å². The number of benzene rings is 2. The zero-order valence-corrected chi connectivity index (χ0v) is 15.8. The van der Waals surface area contributed by atoms with Crippen LogP contribution in [0, 0.1) is 6.92 Å². The van der Waals surface area contributed by atoms with Crippen LogP contribution in [0.3, 0.4) is 0 Å². The van der Waals surface area contributed by atoms with E-state index < -0.39 is 26.1 Å². The lowest BCUT2D eigenvalue weighted by atomic mass is 10.2. The zero-order valence-electron chi connectivity index (χ0n) is 14.9. The van der Waals surface area contributed by atoms with Crippen LogP contribution in [0.2, 0.25) is 0 Å². The molecule has 0 unspecified atom stereocenters. The lowest BCUT2D eigenvalue weighted by Crippen LogP contribution is -2.23. The van der Waals surface area contributed by atoms with Crippen LogP contribution in [0.1, 0.15) is 15.9 Å². The molecule has 0 atom stereocenters. The predicted molar refractivity (Wildman–Crippen MR) is 100 cm³/mol. The van der Waals surface area contributed by atoms with E-state index in [-0.39, 0.29) is 17.1 Å². The van der Waals surface area contributed by atoms with Gasteiger partial charge in [0.1, 0.15) is 11.4 Å². The number of para-hydroxylation sites is 1. The fourth-order valence-electron chi connectivity index (χ4n) is 2.58. The number of nitrogen functional groups attached to an aromatic ring is 1. The Hall–Kier alpha value is -3.34. The number of aromatic nitrogens is 2. The first-order chi connectivity index (χ1) is 13.5. The molecule has 1 heterocycles. The third-order valence-corrected chi connectivity index (χ3v) is 5.62. The number of carbonyl (C=O) groups is 1. The Morgan fingerprint density at radius 2 is 1.72 bits per heavy atom. The maximum Gasteiger partial charge on any atom is 0.501 e. The average Bonchev–Trinajstić information content (AvgIpc) is 3.03. The first-order valence-electron chi connectivity index (χ1n) is 8.14. The van der Waals surface area contributed by atoms with E-state index in [0.29, 0.717) is 5.69 Å². The fourth-order valence-corrected chi connectivity index (χ4v) is 3.34. The van der Waals surface area contributed by atoms with E-state index in [2.05, 4.69) is 10.4 Å². The highest BCUT2D eigenvalue weighted by Gasteiger charge is 2.46. The smallest absolute Gasteiger partial charge is 0.383 e. The minimum absolute atomic E-state index is 0.0558. The molecule has 0 aliphatic rings. The minimum Gasteiger partial charge on any atom is -0.383 e. The number of sulfone groups is 1. The van der Waals surface area contributed by atoms with Crippen molar-refractivity contribution in [2.75, 3.05) is 11.1 Å². The molecule has 11 heteroatoms. The molecule has 152 valence electrons. The van der Waals surface area contributed by atoms with Crippen molar-refractivity contribution in [1.82, 2.24) is 9.78 Å². The quantitative estimate of drug-likeness (QED) is 0.668. The van der Waals surface area contributed by atoms with Gasteiger partial charge in [0.25, 0.3) is 15.7 Å². The third-order valence-electron chi connectivity index (χ3n) is 4.12. The van der Waals surface area contributed by atoms with Crippen LogP contribution in [-0.4, -0.2) is 29.6 Å². The normalized spacial score (nSPS) is 12.0. The summed E-state index contributed by atoms with van der Waals surface area (Å²) in [5, 5.41) is 6.56. The molecule has 3 aromatic rings. The maximum atomic E-state index is 12.6. The molecule has 7 nitrogen and oxygen atoms in total. The summed E-state index contributed by atoms with van der Waals surface area (Å²) in [7, 11) is -5.46. The van der Waals surface area contributed by atoms with Crippen molar-refractivity contribution >= 4 is 27.2 Å². The van der Waals surface area contributed by atoms with Gasteiger partial charge in [0.05, 0.1) is 16.8 Å². The van der Waals surface area contributed by atoms with Gasteiger partial charge in [-0.1, -0.05) is 18.2 Å². The van der Waals surface area contributed by atoms with Crippen LogP contribution >= 0.6 is 0 Å². The van der Waals surface area contributed by atoms with Crippen LogP contribution in [0.5, 0.6) is 0 Å². The van der Waals surface area contributed by atoms with E-state index >= 15 is 0 Å². The van der Waals surface area contributed by atoms with Crippen molar-refractivity contribution in [3.05, 3.63) is 65.9 Å². The van der Waals surface area contributed by atoms with Gasteiger partial charge in [-0.05, 0) is 42.8 Å². The van der Waals surface area contributed by atoms with Crippen molar-refractivity contribution in [2.24, 2.45) is 0 Å². The number of anilines is 2. The Labute approximate surface area is 163 Å². The topological polar surface area (TPSA) is 107 Å². The second kappa shape index (κ2) is 7.24. The summed E-state index contributed by atoms with van der Waals surface area (Å²) < 4.78 is 61.9. The number of alkyl halides is 3. The van der Waals surface area contributed by atoms with Crippen molar-refractivity contribution < 1.29 is 26.4 Å².